The zero-order chi connectivity index (χ0) is 25.9. The van der Waals surface area contributed by atoms with E-state index in [2.05, 4.69) is 15.6 Å². The van der Waals surface area contributed by atoms with E-state index in [-0.39, 0.29) is 24.5 Å². The van der Waals surface area contributed by atoms with Gasteiger partial charge in [-0.15, -0.1) is 11.3 Å². The highest BCUT2D eigenvalue weighted by Gasteiger charge is 2.25. The average Bonchev–Trinajstić information content (AvgIpc) is 3.65. The second-order valence-electron chi connectivity index (χ2n) is 9.26. The summed E-state index contributed by atoms with van der Waals surface area (Å²) >= 11 is 3.06. The minimum atomic E-state index is -0.379. The highest BCUT2D eigenvalue weighted by Crippen LogP contribution is 2.28. The Morgan fingerprint density at radius 3 is 2.78 bits per heavy atom. The Morgan fingerprint density at radius 1 is 1.16 bits per heavy atom. The van der Waals surface area contributed by atoms with E-state index in [0.29, 0.717) is 41.5 Å². The predicted octanol–water partition coefficient (Wildman–Crippen LogP) is 4.74. The zero-order valence-electron chi connectivity index (χ0n) is 20.5. The minimum absolute atomic E-state index is 0.157. The molecule has 0 saturated heterocycles. The number of amides is 2. The van der Waals surface area contributed by atoms with Crippen molar-refractivity contribution in [1.82, 2.24) is 25.0 Å². The van der Waals surface area contributed by atoms with Crippen molar-refractivity contribution < 1.29 is 14.7 Å². The van der Waals surface area contributed by atoms with Crippen LogP contribution in [0.15, 0.2) is 58.9 Å². The molecule has 0 aliphatic heterocycles. The van der Waals surface area contributed by atoms with Crippen LogP contribution in [0.4, 0.5) is 0 Å². The van der Waals surface area contributed by atoms with Crippen molar-refractivity contribution in [1.29, 1.82) is 0 Å². The molecule has 0 aliphatic rings. The fourth-order valence-electron chi connectivity index (χ4n) is 4.35. The number of hydrogen-bond donors (Lipinski definition) is 3. The molecule has 0 aliphatic carbocycles. The van der Waals surface area contributed by atoms with Gasteiger partial charge in [0.25, 0.3) is 11.8 Å². The van der Waals surface area contributed by atoms with Crippen molar-refractivity contribution in [2.24, 2.45) is 5.92 Å². The number of benzene rings is 1. The molecule has 8 nitrogen and oxygen atoms in total. The summed E-state index contributed by atoms with van der Waals surface area (Å²) in [6.07, 6.45) is 2.38. The molecule has 190 valence electrons. The van der Waals surface area contributed by atoms with E-state index in [1.165, 1.54) is 11.3 Å². The number of nitrogens with one attached hydrogen (secondary N) is 2. The van der Waals surface area contributed by atoms with Gasteiger partial charge in [-0.05, 0) is 53.6 Å². The summed E-state index contributed by atoms with van der Waals surface area (Å²) in [5.74, 6) is -0.316. The average molecular weight is 534 g/mol. The largest absolute Gasteiger partial charge is 0.394 e. The van der Waals surface area contributed by atoms with E-state index in [0.717, 1.165) is 21.3 Å². The van der Waals surface area contributed by atoms with Gasteiger partial charge in [0.2, 0.25) is 0 Å². The summed E-state index contributed by atoms with van der Waals surface area (Å²) < 4.78 is 2.72. The Kier molecular flexibility index (Phi) is 7.31. The van der Waals surface area contributed by atoms with E-state index in [1.54, 1.807) is 39.6 Å². The second kappa shape index (κ2) is 10.8. The number of nitrogens with zero attached hydrogens (tertiary/aromatic N) is 3. The molecule has 3 N–H and O–H groups in total. The van der Waals surface area contributed by atoms with Crippen molar-refractivity contribution in [3.63, 3.8) is 0 Å². The van der Waals surface area contributed by atoms with Gasteiger partial charge in [0, 0.05) is 23.7 Å². The van der Waals surface area contributed by atoms with E-state index < -0.39 is 0 Å². The molecule has 0 saturated carbocycles. The molecular weight excluding hydrogens is 506 g/mol. The van der Waals surface area contributed by atoms with Gasteiger partial charge in [-0.1, -0.05) is 19.9 Å². The predicted molar refractivity (Wildman–Crippen MR) is 147 cm³/mol. The van der Waals surface area contributed by atoms with Crippen LogP contribution in [-0.4, -0.2) is 43.9 Å². The number of imidazole rings is 1. The Hall–Kier alpha value is -3.60. The van der Waals surface area contributed by atoms with Gasteiger partial charge in [-0.3, -0.25) is 14.0 Å². The first-order chi connectivity index (χ1) is 17.9. The van der Waals surface area contributed by atoms with Crippen LogP contribution in [0.2, 0.25) is 0 Å². The van der Waals surface area contributed by atoms with Crippen LogP contribution in [-0.2, 0) is 6.54 Å². The zero-order valence-corrected chi connectivity index (χ0v) is 22.1. The lowest BCUT2D eigenvalue weighted by molar-refractivity contribution is 0.0901. The SMILES string of the molecule is CC(C)C[C@@H](CO)NC(=O)c1c(-c2ccsc2)nc2c(C(=O)NCc3ccc4ncsc4c3)cccn12. The summed E-state index contributed by atoms with van der Waals surface area (Å²) in [6, 6.07) is 10.9. The highest BCUT2D eigenvalue weighted by atomic mass is 32.1. The number of hydrogen-bond acceptors (Lipinski definition) is 7. The molecule has 4 aromatic heterocycles. The third-order valence-corrected chi connectivity index (χ3v) is 7.54. The first-order valence-corrected chi connectivity index (χ1v) is 13.8. The lowest BCUT2D eigenvalue weighted by Gasteiger charge is -2.18. The van der Waals surface area contributed by atoms with E-state index in [1.807, 2.05) is 48.9 Å². The third kappa shape index (κ3) is 5.27. The smallest absolute Gasteiger partial charge is 0.270 e. The molecule has 5 rings (SSSR count). The van der Waals surface area contributed by atoms with Crippen LogP contribution in [0.3, 0.4) is 0 Å². The Bertz CT molecular complexity index is 1560. The van der Waals surface area contributed by atoms with Crippen LogP contribution >= 0.6 is 22.7 Å². The van der Waals surface area contributed by atoms with Crippen molar-refractivity contribution in [2.75, 3.05) is 6.61 Å². The van der Waals surface area contributed by atoms with Crippen LogP contribution in [0.1, 0.15) is 46.7 Å². The first kappa shape index (κ1) is 25.1. The number of carbonyl (C=O) groups excluding carboxylic acids is 2. The van der Waals surface area contributed by atoms with Gasteiger partial charge in [0.05, 0.1) is 33.9 Å². The third-order valence-electron chi connectivity index (χ3n) is 6.06. The maximum Gasteiger partial charge on any atom is 0.270 e. The molecule has 5 aromatic rings. The molecular formula is C27H27N5O3S2. The molecule has 1 aromatic carbocycles. The Morgan fingerprint density at radius 2 is 2.03 bits per heavy atom. The molecule has 0 unspecified atom stereocenters. The number of rotatable bonds is 9. The number of thiophene rings is 1. The fraction of sp³-hybridized carbons (Fsp3) is 0.259. The summed E-state index contributed by atoms with van der Waals surface area (Å²) in [4.78, 5) is 35.8. The number of fused-ring (bicyclic) bond motifs is 2. The maximum atomic E-state index is 13.5. The number of thiazole rings is 1. The molecule has 0 bridgehead atoms. The molecule has 1 atom stereocenters. The van der Waals surface area contributed by atoms with Gasteiger partial charge < -0.3 is 15.7 Å². The van der Waals surface area contributed by atoms with E-state index >= 15 is 0 Å². The Balaban J connectivity index is 1.47. The number of pyridine rings is 1. The molecule has 10 heteroatoms. The van der Waals surface area contributed by atoms with Crippen LogP contribution in [0.5, 0.6) is 0 Å². The standard InChI is InChI=1S/C27H27N5O3S2/c1-16(2)10-19(13-33)30-27(35)24-23(18-7-9-36-14-18)31-25-20(4-3-8-32(24)25)26(34)28-12-17-5-6-21-22(11-17)37-15-29-21/h3-9,11,14-16,19,33H,10,12-13H2,1-2H3,(H,28,34)(H,30,35)/t19-/m0/s1. The lowest BCUT2D eigenvalue weighted by atomic mass is 10.0. The summed E-state index contributed by atoms with van der Waals surface area (Å²) in [6.45, 7) is 4.28. The minimum Gasteiger partial charge on any atom is -0.394 e. The fourth-order valence-corrected chi connectivity index (χ4v) is 5.73. The lowest BCUT2D eigenvalue weighted by Crippen LogP contribution is -2.39. The maximum absolute atomic E-state index is 13.5. The second-order valence-corrected chi connectivity index (χ2v) is 10.9. The number of aromatic nitrogens is 3. The van der Waals surface area contributed by atoms with Gasteiger partial charge in [0.15, 0.2) is 5.65 Å². The van der Waals surface area contributed by atoms with Gasteiger partial charge in [-0.25, -0.2) is 9.97 Å². The topological polar surface area (TPSA) is 109 Å². The normalized spacial score (nSPS) is 12.3. The summed E-state index contributed by atoms with van der Waals surface area (Å²) in [5, 5.41) is 19.6. The van der Waals surface area contributed by atoms with Crippen molar-refractivity contribution >= 4 is 50.4 Å². The van der Waals surface area contributed by atoms with Crippen LogP contribution < -0.4 is 10.6 Å². The molecule has 0 fully saturated rings. The highest BCUT2D eigenvalue weighted by molar-refractivity contribution is 7.16. The monoisotopic (exact) mass is 533 g/mol. The summed E-state index contributed by atoms with van der Waals surface area (Å²) in [5.41, 5.74) is 6.11. The number of aliphatic hydroxyl groups is 1. The van der Waals surface area contributed by atoms with Crippen LogP contribution in [0, 0.1) is 5.92 Å². The van der Waals surface area contributed by atoms with Crippen molar-refractivity contribution in [2.45, 2.75) is 32.9 Å². The molecule has 0 radical (unpaired) electrons. The van der Waals surface area contributed by atoms with Gasteiger partial charge in [0.1, 0.15) is 11.4 Å². The molecule has 37 heavy (non-hydrogen) atoms. The van der Waals surface area contributed by atoms with E-state index in [9.17, 15) is 14.7 Å². The van der Waals surface area contributed by atoms with Crippen molar-refractivity contribution in [3.05, 3.63) is 75.7 Å². The number of aliphatic hydroxyl groups excluding tert-OH is 1. The molecule has 2 amide bonds. The van der Waals surface area contributed by atoms with Crippen molar-refractivity contribution in [3.8, 4) is 11.3 Å². The number of carbonyl (C=O) groups is 2. The molecule has 4 heterocycles. The van der Waals surface area contributed by atoms with Gasteiger partial charge in [-0.2, -0.15) is 11.3 Å². The first-order valence-electron chi connectivity index (χ1n) is 12.0. The van der Waals surface area contributed by atoms with Gasteiger partial charge >= 0.3 is 0 Å². The quantitative estimate of drug-likeness (QED) is 0.254. The van der Waals surface area contributed by atoms with Crippen LogP contribution in [0.25, 0.3) is 27.1 Å². The molecule has 0 spiro atoms. The Labute approximate surface area is 222 Å². The van der Waals surface area contributed by atoms with E-state index in [4.69, 9.17) is 4.98 Å². The summed E-state index contributed by atoms with van der Waals surface area (Å²) in [7, 11) is 0.